The molecule has 180 valence electrons. The molecule has 0 bridgehead atoms. The van der Waals surface area contributed by atoms with Crippen molar-refractivity contribution in [3.63, 3.8) is 0 Å². The average molecular weight is 459 g/mol. The molecule has 0 amide bonds. The van der Waals surface area contributed by atoms with Crippen LogP contribution < -0.4 is 30.7 Å². The Kier molecular flexibility index (Phi) is 11.2. The van der Waals surface area contributed by atoms with Crippen LogP contribution in [0.5, 0.6) is 11.5 Å². The Morgan fingerprint density at radius 2 is 1.73 bits per heavy atom. The Morgan fingerprint density at radius 1 is 1.12 bits per heavy atom. The average Bonchev–Trinajstić information content (AvgIpc) is 2.76. The highest BCUT2D eigenvalue weighted by atomic mass is 16.5. The van der Waals surface area contributed by atoms with E-state index in [1.165, 1.54) is 0 Å². The van der Waals surface area contributed by atoms with Gasteiger partial charge in [-0.05, 0) is 56.2 Å². The number of rotatable bonds is 11. The van der Waals surface area contributed by atoms with Gasteiger partial charge in [0, 0.05) is 28.8 Å². The van der Waals surface area contributed by atoms with Gasteiger partial charge in [-0.25, -0.2) is 0 Å². The molecule has 0 radical (unpaired) electrons. The quantitative estimate of drug-likeness (QED) is 0.265. The number of nitrogen functional groups attached to an aromatic ring is 1. The fourth-order valence-electron chi connectivity index (χ4n) is 2.87. The van der Waals surface area contributed by atoms with Crippen molar-refractivity contribution in [1.82, 2.24) is 0 Å². The molecule has 5 N–H and O–H groups in total. The largest absolute Gasteiger partial charge is 0.550 e. The molecule has 10 heteroatoms. The summed E-state index contributed by atoms with van der Waals surface area (Å²) in [5.74, 6) is -1.59. The van der Waals surface area contributed by atoms with Gasteiger partial charge in [-0.2, -0.15) is 0 Å². The maximum Gasteiger partial charge on any atom is 0.128 e. The Bertz CT molecular complexity index is 942. The van der Waals surface area contributed by atoms with Crippen molar-refractivity contribution in [3.05, 3.63) is 53.1 Å². The molecule has 0 saturated heterocycles. The summed E-state index contributed by atoms with van der Waals surface area (Å²) in [5.41, 5.74) is 7.70. The number of anilines is 1. The van der Waals surface area contributed by atoms with Crippen molar-refractivity contribution in [3.8, 4) is 11.5 Å². The van der Waals surface area contributed by atoms with E-state index in [1.54, 1.807) is 36.4 Å². The SMILES string of the molecule is CC(=O)[O-].CCOc1cc(OCCO)c(C(Nc2ccc(C(=N)N)cc2)C(=O)[O-])cc1CC. The molecule has 0 aromatic heterocycles. The van der Waals surface area contributed by atoms with Crippen LogP contribution in [0.3, 0.4) is 0 Å². The van der Waals surface area contributed by atoms with Crippen LogP contribution in [0.1, 0.15) is 43.5 Å². The van der Waals surface area contributed by atoms with E-state index in [1.807, 2.05) is 13.8 Å². The van der Waals surface area contributed by atoms with Crippen molar-refractivity contribution < 1.29 is 34.4 Å². The molecule has 2 aromatic carbocycles. The minimum Gasteiger partial charge on any atom is -0.550 e. The molecule has 33 heavy (non-hydrogen) atoms. The first kappa shape index (κ1) is 27.2. The van der Waals surface area contributed by atoms with Gasteiger partial charge >= 0.3 is 0 Å². The number of benzene rings is 2. The lowest BCUT2D eigenvalue weighted by Crippen LogP contribution is -2.34. The van der Waals surface area contributed by atoms with Gasteiger partial charge in [-0.1, -0.05) is 6.92 Å². The first-order valence-corrected chi connectivity index (χ1v) is 10.3. The van der Waals surface area contributed by atoms with E-state index in [4.69, 9.17) is 35.6 Å². The number of aliphatic hydroxyl groups is 1. The first-order chi connectivity index (χ1) is 15.6. The highest BCUT2D eigenvalue weighted by molar-refractivity contribution is 5.95. The van der Waals surface area contributed by atoms with Crippen LogP contribution in [-0.4, -0.2) is 42.7 Å². The third kappa shape index (κ3) is 8.69. The van der Waals surface area contributed by atoms with E-state index in [0.717, 1.165) is 12.5 Å². The summed E-state index contributed by atoms with van der Waals surface area (Å²) in [6.07, 6.45) is 0.635. The fourth-order valence-corrected chi connectivity index (χ4v) is 2.87. The first-order valence-electron chi connectivity index (χ1n) is 10.3. The molecule has 2 rings (SSSR count). The standard InChI is InChI=1S/C21H27N3O5.C2H4O2/c1-3-13-11-16(18(29-10-9-25)12-17(13)28-4-2)19(21(26)27)24-15-7-5-14(6-8-15)20(22)23;1-2(3)4/h5-8,11-12,19,24-25H,3-4,9-10H2,1-2H3,(H3,22,23)(H,26,27);1H3,(H,3,4)/p-2. The minimum atomic E-state index is -1.33. The molecule has 0 aliphatic rings. The molecule has 0 aliphatic heterocycles. The van der Waals surface area contributed by atoms with Crippen molar-refractivity contribution in [2.24, 2.45) is 5.73 Å². The van der Waals surface area contributed by atoms with Crippen LogP contribution in [0.2, 0.25) is 0 Å². The molecule has 0 saturated carbocycles. The molecular weight excluding hydrogens is 430 g/mol. The van der Waals surface area contributed by atoms with E-state index >= 15 is 0 Å². The van der Waals surface area contributed by atoms with Crippen LogP contribution in [0.15, 0.2) is 36.4 Å². The van der Waals surface area contributed by atoms with Crippen molar-refractivity contribution >= 4 is 23.5 Å². The lowest BCUT2D eigenvalue weighted by atomic mass is 9.99. The Hall–Kier alpha value is -3.79. The topological polar surface area (TPSA) is 181 Å². The van der Waals surface area contributed by atoms with E-state index in [0.29, 0.717) is 41.3 Å². The summed E-state index contributed by atoms with van der Waals surface area (Å²) in [4.78, 5) is 20.8. The number of hydrogen-bond acceptors (Lipinski definition) is 9. The van der Waals surface area contributed by atoms with Crippen molar-refractivity contribution in [2.45, 2.75) is 33.2 Å². The molecule has 0 heterocycles. The number of nitrogens with two attached hydrogens (primary N) is 1. The number of ether oxygens (including phenoxy) is 2. The number of amidine groups is 1. The van der Waals surface area contributed by atoms with Crippen LogP contribution in [0.4, 0.5) is 5.69 Å². The van der Waals surface area contributed by atoms with Gasteiger partial charge in [0.2, 0.25) is 0 Å². The van der Waals surface area contributed by atoms with Crippen molar-refractivity contribution in [2.75, 3.05) is 25.1 Å². The van der Waals surface area contributed by atoms with Gasteiger partial charge in [-0.3, -0.25) is 5.41 Å². The normalized spacial score (nSPS) is 10.9. The molecule has 0 spiro atoms. The zero-order chi connectivity index (χ0) is 25.0. The number of nitrogens with one attached hydrogen (secondary N) is 2. The predicted octanol–water partition coefficient (Wildman–Crippen LogP) is -0.0378. The molecule has 1 atom stereocenters. The maximum atomic E-state index is 12.0. The summed E-state index contributed by atoms with van der Waals surface area (Å²) in [7, 11) is 0. The van der Waals surface area contributed by atoms with Crippen LogP contribution in [0, 0.1) is 5.41 Å². The summed E-state index contributed by atoms with van der Waals surface area (Å²) < 4.78 is 11.2. The lowest BCUT2D eigenvalue weighted by Gasteiger charge is -2.25. The highest BCUT2D eigenvalue weighted by Crippen LogP contribution is 2.35. The Balaban J connectivity index is 0.00000125. The fraction of sp³-hybridized carbons (Fsp3) is 0.348. The van der Waals surface area contributed by atoms with Crippen LogP contribution in [-0.2, 0) is 16.0 Å². The molecule has 0 fully saturated rings. The second kappa shape index (κ2) is 13.6. The third-order valence-electron chi connectivity index (χ3n) is 4.28. The number of hydrogen-bond donors (Lipinski definition) is 4. The predicted molar refractivity (Wildman–Crippen MR) is 119 cm³/mol. The number of carboxylic acid groups (broad SMARTS) is 2. The van der Waals surface area contributed by atoms with Gasteiger partial charge in [0.15, 0.2) is 0 Å². The second-order valence-electron chi connectivity index (χ2n) is 6.74. The van der Waals surface area contributed by atoms with Gasteiger partial charge in [0.25, 0.3) is 0 Å². The molecule has 1 unspecified atom stereocenters. The zero-order valence-electron chi connectivity index (χ0n) is 18.8. The van der Waals surface area contributed by atoms with Gasteiger partial charge < -0.3 is 45.4 Å². The van der Waals surface area contributed by atoms with E-state index in [9.17, 15) is 9.90 Å². The molecular formula is C23H29N3O7-2. The minimum absolute atomic E-state index is 0.0110. The second-order valence-corrected chi connectivity index (χ2v) is 6.74. The van der Waals surface area contributed by atoms with Crippen molar-refractivity contribution in [1.29, 1.82) is 5.41 Å². The van der Waals surface area contributed by atoms with Crippen LogP contribution in [0.25, 0.3) is 0 Å². The third-order valence-corrected chi connectivity index (χ3v) is 4.28. The molecule has 10 nitrogen and oxygen atoms in total. The number of carboxylic acids is 2. The molecule has 0 aliphatic carbocycles. The van der Waals surface area contributed by atoms with Crippen LogP contribution >= 0.6 is 0 Å². The lowest BCUT2D eigenvalue weighted by molar-refractivity contribution is -0.307. The zero-order valence-corrected chi connectivity index (χ0v) is 18.8. The smallest absolute Gasteiger partial charge is 0.128 e. The van der Waals surface area contributed by atoms with E-state index in [2.05, 4.69) is 5.32 Å². The maximum absolute atomic E-state index is 12.0. The summed E-state index contributed by atoms with van der Waals surface area (Å²) in [5, 5.41) is 40.3. The summed E-state index contributed by atoms with van der Waals surface area (Å²) >= 11 is 0. The Labute approximate surface area is 192 Å². The number of aliphatic hydroxyl groups excluding tert-OH is 1. The monoisotopic (exact) mass is 459 g/mol. The number of aliphatic carboxylic acids is 2. The molecule has 2 aromatic rings. The Morgan fingerprint density at radius 3 is 2.18 bits per heavy atom. The highest BCUT2D eigenvalue weighted by Gasteiger charge is 2.21. The van der Waals surface area contributed by atoms with E-state index < -0.39 is 18.0 Å². The number of carbonyl (C=O) groups excluding carboxylic acids is 2. The summed E-state index contributed by atoms with van der Waals surface area (Å²) in [6, 6.07) is 8.67. The van der Waals surface area contributed by atoms with Gasteiger partial charge in [-0.15, -0.1) is 0 Å². The van der Waals surface area contributed by atoms with Gasteiger partial charge in [0.05, 0.1) is 25.2 Å². The number of carbonyl (C=O) groups is 2. The van der Waals surface area contributed by atoms with E-state index in [-0.39, 0.29) is 19.0 Å². The summed E-state index contributed by atoms with van der Waals surface area (Å²) in [6.45, 7) is 5.03. The number of aryl methyl sites for hydroxylation is 1. The van der Waals surface area contributed by atoms with Gasteiger partial charge in [0.1, 0.15) is 23.9 Å².